The van der Waals surface area contributed by atoms with Crippen molar-refractivity contribution in [3.8, 4) is 0 Å². The molecule has 78 valence electrons. The van der Waals surface area contributed by atoms with Gasteiger partial charge in [-0.05, 0) is 28.1 Å². The second-order valence-corrected chi connectivity index (χ2v) is 6.65. The Bertz CT molecular complexity index is 351. The number of carbonyl (C=O) groups excluding carboxylic acids is 1. The highest BCUT2D eigenvalue weighted by atomic mass is 79.9. The highest BCUT2D eigenvalue weighted by molar-refractivity contribution is 9.11. The molecule has 1 unspecified atom stereocenters. The van der Waals surface area contributed by atoms with Crippen LogP contribution in [0.4, 0.5) is 0 Å². The van der Waals surface area contributed by atoms with E-state index >= 15 is 0 Å². The minimum absolute atomic E-state index is 0.105. The molecular formula is C8H10BrNO2S2. The van der Waals surface area contributed by atoms with Crippen LogP contribution in [0.2, 0.25) is 0 Å². The van der Waals surface area contributed by atoms with Crippen molar-refractivity contribution >= 4 is 44.0 Å². The van der Waals surface area contributed by atoms with E-state index in [-0.39, 0.29) is 5.91 Å². The van der Waals surface area contributed by atoms with Crippen LogP contribution in [-0.2, 0) is 10.8 Å². The Morgan fingerprint density at radius 3 is 2.86 bits per heavy atom. The van der Waals surface area contributed by atoms with Crippen molar-refractivity contribution in [3.63, 3.8) is 0 Å². The summed E-state index contributed by atoms with van der Waals surface area (Å²) in [7, 11) is -0.854. The van der Waals surface area contributed by atoms with Crippen LogP contribution >= 0.6 is 27.3 Å². The summed E-state index contributed by atoms with van der Waals surface area (Å²) >= 11 is 4.67. The number of hydrogen-bond donors (Lipinski definition) is 1. The molecule has 0 aliphatic carbocycles. The molecule has 0 saturated heterocycles. The highest BCUT2D eigenvalue weighted by Crippen LogP contribution is 2.21. The molecule has 0 fully saturated rings. The fourth-order valence-electron chi connectivity index (χ4n) is 0.832. The molecule has 0 spiro atoms. The van der Waals surface area contributed by atoms with Crippen LogP contribution in [0.25, 0.3) is 0 Å². The van der Waals surface area contributed by atoms with Crippen LogP contribution in [0.5, 0.6) is 0 Å². The minimum Gasteiger partial charge on any atom is -0.350 e. The Kier molecular flexibility index (Phi) is 4.77. The number of rotatable bonds is 4. The maximum Gasteiger partial charge on any atom is 0.261 e. The number of thiophene rings is 1. The number of amides is 1. The van der Waals surface area contributed by atoms with Gasteiger partial charge in [0, 0.05) is 29.4 Å². The SMILES string of the molecule is CS(=O)CCNC(=O)c1ccc(Br)s1. The molecule has 1 aromatic heterocycles. The molecular weight excluding hydrogens is 286 g/mol. The Morgan fingerprint density at radius 2 is 2.36 bits per heavy atom. The van der Waals surface area contributed by atoms with Crippen LogP contribution in [0.15, 0.2) is 15.9 Å². The molecule has 1 amide bonds. The van der Waals surface area contributed by atoms with Gasteiger partial charge < -0.3 is 5.32 Å². The minimum atomic E-state index is -0.854. The maximum absolute atomic E-state index is 11.4. The lowest BCUT2D eigenvalue weighted by atomic mass is 10.4. The number of nitrogens with one attached hydrogen (secondary N) is 1. The first-order chi connectivity index (χ1) is 6.59. The summed E-state index contributed by atoms with van der Waals surface area (Å²) < 4.78 is 11.7. The van der Waals surface area contributed by atoms with Gasteiger partial charge in [-0.15, -0.1) is 11.3 Å². The monoisotopic (exact) mass is 295 g/mol. The van der Waals surface area contributed by atoms with E-state index in [4.69, 9.17) is 0 Å². The summed E-state index contributed by atoms with van der Waals surface area (Å²) in [6, 6.07) is 3.59. The second kappa shape index (κ2) is 5.63. The van der Waals surface area contributed by atoms with Gasteiger partial charge in [0.25, 0.3) is 5.91 Å². The zero-order chi connectivity index (χ0) is 10.6. The molecule has 1 heterocycles. The van der Waals surface area contributed by atoms with Gasteiger partial charge in [-0.3, -0.25) is 9.00 Å². The lowest BCUT2D eigenvalue weighted by molar-refractivity contribution is 0.0960. The Hall–Kier alpha value is -0.200. The van der Waals surface area contributed by atoms with Crippen molar-refractivity contribution in [1.29, 1.82) is 0 Å². The van der Waals surface area contributed by atoms with Crippen LogP contribution in [-0.4, -0.2) is 28.7 Å². The number of hydrogen-bond acceptors (Lipinski definition) is 3. The molecule has 1 aromatic rings. The van der Waals surface area contributed by atoms with Crippen LogP contribution in [0.3, 0.4) is 0 Å². The first kappa shape index (κ1) is 11.9. The van der Waals surface area contributed by atoms with Crippen LogP contribution in [0.1, 0.15) is 9.67 Å². The Labute approximate surface area is 97.5 Å². The molecule has 0 bridgehead atoms. The third kappa shape index (κ3) is 3.89. The van der Waals surface area contributed by atoms with Gasteiger partial charge in [0.15, 0.2) is 0 Å². The van der Waals surface area contributed by atoms with Crippen molar-refractivity contribution < 1.29 is 9.00 Å². The van der Waals surface area contributed by atoms with E-state index in [1.165, 1.54) is 11.3 Å². The first-order valence-corrected chi connectivity index (χ1v) is 7.27. The molecule has 0 radical (unpaired) electrons. The maximum atomic E-state index is 11.4. The largest absolute Gasteiger partial charge is 0.350 e. The van der Waals surface area contributed by atoms with E-state index in [9.17, 15) is 9.00 Å². The van der Waals surface area contributed by atoms with E-state index in [1.54, 1.807) is 12.3 Å². The smallest absolute Gasteiger partial charge is 0.261 e. The van der Waals surface area contributed by atoms with Crippen molar-refractivity contribution in [2.75, 3.05) is 18.6 Å². The van der Waals surface area contributed by atoms with Gasteiger partial charge in [-0.25, -0.2) is 0 Å². The fraction of sp³-hybridized carbons (Fsp3) is 0.375. The normalized spacial score (nSPS) is 12.4. The fourth-order valence-corrected chi connectivity index (χ4v) is 2.52. The van der Waals surface area contributed by atoms with E-state index in [2.05, 4.69) is 21.2 Å². The first-order valence-electron chi connectivity index (χ1n) is 3.93. The molecule has 0 aromatic carbocycles. The predicted octanol–water partition coefficient (Wildman–Crippen LogP) is 1.62. The third-order valence-electron chi connectivity index (χ3n) is 1.47. The van der Waals surface area contributed by atoms with E-state index in [0.717, 1.165) is 3.79 Å². The summed E-state index contributed by atoms with van der Waals surface area (Å²) in [6.07, 6.45) is 1.62. The summed E-state index contributed by atoms with van der Waals surface area (Å²) in [6.45, 7) is 0.456. The Morgan fingerprint density at radius 1 is 1.64 bits per heavy atom. The van der Waals surface area contributed by atoms with Gasteiger partial charge in [0.05, 0.1) is 8.66 Å². The van der Waals surface area contributed by atoms with Crippen molar-refractivity contribution in [1.82, 2.24) is 5.32 Å². The molecule has 6 heteroatoms. The van der Waals surface area contributed by atoms with E-state index < -0.39 is 10.8 Å². The molecule has 0 aliphatic rings. The van der Waals surface area contributed by atoms with Crippen LogP contribution < -0.4 is 5.32 Å². The highest BCUT2D eigenvalue weighted by Gasteiger charge is 2.07. The molecule has 1 rings (SSSR count). The van der Waals surface area contributed by atoms with Crippen molar-refractivity contribution in [3.05, 3.63) is 20.8 Å². The molecule has 14 heavy (non-hydrogen) atoms. The third-order valence-corrected chi connectivity index (χ3v) is 3.87. The van der Waals surface area contributed by atoms with Gasteiger partial charge >= 0.3 is 0 Å². The van der Waals surface area contributed by atoms with Crippen molar-refractivity contribution in [2.45, 2.75) is 0 Å². The van der Waals surface area contributed by atoms with Crippen LogP contribution in [0, 0.1) is 0 Å². The quantitative estimate of drug-likeness (QED) is 0.917. The number of carbonyl (C=O) groups is 1. The zero-order valence-electron chi connectivity index (χ0n) is 7.58. The predicted molar refractivity (Wildman–Crippen MR) is 63.3 cm³/mol. The van der Waals surface area contributed by atoms with Crippen molar-refractivity contribution in [2.24, 2.45) is 0 Å². The van der Waals surface area contributed by atoms with Gasteiger partial charge in [-0.2, -0.15) is 0 Å². The second-order valence-electron chi connectivity index (χ2n) is 2.64. The van der Waals surface area contributed by atoms with Gasteiger partial charge in [0.1, 0.15) is 0 Å². The topological polar surface area (TPSA) is 46.2 Å². The van der Waals surface area contributed by atoms with Gasteiger partial charge in [0.2, 0.25) is 0 Å². The van der Waals surface area contributed by atoms with E-state index in [1.807, 2.05) is 6.07 Å². The molecule has 1 N–H and O–H groups in total. The lowest BCUT2D eigenvalue weighted by Crippen LogP contribution is -2.26. The Balaban J connectivity index is 2.39. The van der Waals surface area contributed by atoms with Gasteiger partial charge in [-0.1, -0.05) is 0 Å². The number of halogens is 1. The molecule has 0 aliphatic heterocycles. The summed E-state index contributed by atoms with van der Waals surface area (Å²) in [5.41, 5.74) is 0. The lowest BCUT2D eigenvalue weighted by Gasteiger charge is -2.00. The average Bonchev–Trinajstić information content (AvgIpc) is 2.51. The average molecular weight is 296 g/mol. The molecule has 1 atom stereocenters. The summed E-state index contributed by atoms with van der Waals surface area (Å²) in [5, 5.41) is 2.70. The zero-order valence-corrected chi connectivity index (χ0v) is 10.8. The standard InChI is InChI=1S/C8H10BrNO2S2/c1-14(12)5-4-10-8(11)6-2-3-7(9)13-6/h2-3H,4-5H2,1H3,(H,10,11). The summed E-state index contributed by atoms with van der Waals surface area (Å²) in [4.78, 5) is 12.1. The van der Waals surface area contributed by atoms with E-state index in [0.29, 0.717) is 17.2 Å². The molecule has 3 nitrogen and oxygen atoms in total. The summed E-state index contributed by atoms with van der Waals surface area (Å²) in [5.74, 6) is 0.393. The molecule has 0 saturated carbocycles.